The van der Waals surface area contributed by atoms with Gasteiger partial charge in [0, 0.05) is 26.3 Å². The Morgan fingerprint density at radius 2 is 0.690 bits per heavy atom. The third kappa shape index (κ3) is 27.9. The van der Waals surface area contributed by atoms with Crippen LogP contribution in [0.15, 0.2) is 0 Å². The zero-order valence-corrected chi connectivity index (χ0v) is 20.2. The van der Waals surface area contributed by atoms with E-state index in [0.29, 0.717) is 0 Å². The molecular formula is C26H54NO2. The van der Waals surface area contributed by atoms with Crippen LogP contribution in [-0.2, 0) is 9.47 Å². The van der Waals surface area contributed by atoms with Gasteiger partial charge in [-0.2, -0.15) is 0 Å². The van der Waals surface area contributed by atoms with Crippen LogP contribution in [0.5, 0.6) is 0 Å². The van der Waals surface area contributed by atoms with Crippen LogP contribution in [0.2, 0.25) is 0 Å². The van der Waals surface area contributed by atoms with Crippen molar-refractivity contribution < 1.29 is 9.47 Å². The van der Waals surface area contributed by atoms with E-state index in [1.54, 1.807) is 0 Å². The molecule has 0 aromatic heterocycles. The molecule has 0 saturated heterocycles. The fourth-order valence-electron chi connectivity index (χ4n) is 3.60. The summed E-state index contributed by atoms with van der Waals surface area (Å²) >= 11 is 0. The Morgan fingerprint density at radius 1 is 0.379 bits per heavy atom. The Kier molecular flexibility index (Phi) is 27.8. The van der Waals surface area contributed by atoms with Gasteiger partial charge in [-0.05, 0) is 12.8 Å². The highest BCUT2D eigenvalue weighted by atomic mass is 16.5. The van der Waals surface area contributed by atoms with Crippen molar-refractivity contribution in [1.82, 2.24) is 5.32 Å². The van der Waals surface area contributed by atoms with E-state index in [1.165, 1.54) is 116 Å². The highest BCUT2D eigenvalue weighted by molar-refractivity contribution is 4.49. The van der Waals surface area contributed by atoms with E-state index in [1.807, 2.05) is 0 Å². The zero-order valence-electron chi connectivity index (χ0n) is 20.2. The summed E-state index contributed by atoms with van der Waals surface area (Å²) in [5, 5.41) is 4.49. The Hall–Kier alpha value is -0.120. The summed E-state index contributed by atoms with van der Waals surface area (Å²) in [4.78, 5) is 0. The van der Waals surface area contributed by atoms with E-state index in [-0.39, 0.29) is 0 Å². The SMILES string of the molecule is CCCCCCCCCCCOCC[N]CCOCCCCCCCCCCC. The average molecular weight is 413 g/mol. The Balaban J connectivity index is 2.97. The first-order chi connectivity index (χ1) is 14.4. The number of rotatable bonds is 26. The van der Waals surface area contributed by atoms with Gasteiger partial charge in [0.1, 0.15) is 0 Å². The molecule has 0 atom stereocenters. The highest BCUT2D eigenvalue weighted by Gasteiger charge is 1.95. The molecule has 175 valence electrons. The van der Waals surface area contributed by atoms with Crippen LogP contribution in [0.25, 0.3) is 0 Å². The van der Waals surface area contributed by atoms with Crippen LogP contribution < -0.4 is 5.32 Å². The fourth-order valence-corrected chi connectivity index (χ4v) is 3.60. The molecule has 29 heavy (non-hydrogen) atoms. The molecule has 0 spiro atoms. The van der Waals surface area contributed by atoms with Crippen molar-refractivity contribution >= 4 is 0 Å². The smallest absolute Gasteiger partial charge is 0.0607 e. The molecule has 0 aromatic rings. The summed E-state index contributed by atoms with van der Waals surface area (Å²) in [6.45, 7) is 9.55. The largest absolute Gasteiger partial charge is 0.380 e. The second-order valence-corrected chi connectivity index (χ2v) is 8.55. The van der Waals surface area contributed by atoms with Gasteiger partial charge in [-0.3, -0.25) is 0 Å². The molecule has 0 aliphatic rings. The van der Waals surface area contributed by atoms with Crippen molar-refractivity contribution in [3.63, 3.8) is 0 Å². The molecule has 0 heterocycles. The third-order valence-corrected chi connectivity index (χ3v) is 5.57. The van der Waals surface area contributed by atoms with Crippen LogP contribution in [0.3, 0.4) is 0 Å². The van der Waals surface area contributed by atoms with Gasteiger partial charge in [0.2, 0.25) is 0 Å². The third-order valence-electron chi connectivity index (χ3n) is 5.57. The molecule has 1 radical (unpaired) electrons. The van der Waals surface area contributed by atoms with Crippen molar-refractivity contribution in [3.8, 4) is 0 Å². The van der Waals surface area contributed by atoms with Gasteiger partial charge >= 0.3 is 0 Å². The number of hydrogen-bond donors (Lipinski definition) is 0. The molecule has 3 nitrogen and oxygen atoms in total. The van der Waals surface area contributed by atoms with Crippen LogP contribution in [0, 0.1) is 0 Å². The van der Waals surface area contributed by atoms with Gasteiger partial charge in [0.15, 0.2) is 0 Å². The molecule has 0 fully saturated rings. The maximum absolute atomic E-state index is 5.67. The highest BCUT2D eigenvalue weighted by Crippen LogP contribution is 2.10. The van der Waals surface area contributed by atoms with Crippen molar-refractivity contribution in [2.45, 2.75) is 129 Å². The molecule has 0 unspecified atom stereocenters. The van der Waals surface area contributed by atoms with E-state index in [0.717, 1.165) is 39.5 Å². The lowest BCUT2D eigenvalue weighted by Crippen LogP contribution is -2.18. The Labute approximate surface area is 184 Å². The van der Waals surface area contributed by atoms with Gasteiger partial charge in [0.05, 0.1) is 13.2 Å². The van der Waals surface area contributed by atoms with Crippen molar-refractivity contribution in [1.29, 1.82) is 0 Å². The molecule has 0 rings (SSSR count). The van der Waals surface area contributed by atoms with Crippen LogP contribution in [0.1, 0.15) is 129 Å². The zero-order chi connectivity index (χ0) is 21.1. The van der Waals surface area contributed by atoms with Gasteiger partial charge in [-0.1, -0.05) is 117 Å². The van der Waals surface area contributed by atoms with Gasteiger partial charge < -0.3 is 9.47 Å². The Morgan fingerprint density at radius 3 is 1.03 bits per heavy atom. The molecular weight excluding hydrogens is 358 g/mol. The summed E-state index contributed by atoms with van der Waals surface area (Å²) in [5.74, 6) is 0. The predicted molar refractivity (Wildman–Crippen MR) is 128 cm³/mol. The first kappa shape index (κ1) is 28.9. The molecule has 0 saturated carbocycles. The molecule has 0 aliphatic carbocycles. The van der Waals surface area contributed by atoms with Crippen molar-refractivity contribution in [2.24, 2.45) is 0 Å². The van der Waals surface area contributed by atoms with E-state index in [2.05, 4.69) is 19.2 Å². The van der Waals surface area contributed by atoms with E-state index in [9.17, 15) is 0 Å². The van der Waals surface area contributed by atoms with E-state index < -0.39 is 0 Å². The van der Waals surface area contributed by atoms with Crippen molar-refractivity contribution in [3.05, 3.63) is 0 Å². The van der Waals surface area contributed by atoms with E-state index >= 15 is 0 Å². The lowest BCUT2D eigenvalue weighted by atomic mass is 10.1. The summed E-state index contributed by atoms with van der Waals surface area (Å²) in [6.07, 6.45) is 24.6. The number of ether oxygens (including phenoxy) is 2. The molecule has 3 heteroatoms. The molecule has 0 amide bonds. The minimum absolute atomic E-state index is 0.773. The first-order valence-electron chi connectivity index (χ1n) is 13.2. The van der Waals surface area contributed by atoms with Crippen molar-refractivity contribution in [2.75, 3.05) is 39.5 Å². The number of hydrogen-bond acceptors (Lipinski definition) is 2. The number of nitrogens with zero attached hydrogens (tertiary/aromatic N) is 1. The normalized spacial score (nSPS) is 11.4. The lowest BCUT2D eigenvalue weighted by Gasteiger charge is -2.06. The maximum atomic E-state index is 5.67. The summed E-state index contributed by atoms with van der Waals surface area (Å²) in [6, 6.07) is 0. The summed E-state index contributed by atoms with van der Waals surface area (Å²) in [5.41, 5.74) is 0. The van der Waals surface area contributed by atoms with Gasteiger partial charge in [-0.15, -0.1) is 0 Å². The molecule has 0 bridgehead atoms. The molecule has 0 aliphatic heterocycles. The molecule has 0 aromatic carbocycles. The standard InChI is InChI=1S/C26H54NO2/c1-3-5-7-9-11-13-15-17-19-23-28-25-21-27-22-26-29-24-20-18-16-14-12-10-8-6-4-2/h3-26H2,1-2H3. The van der Waals surface area contributed by atoms with Crippen LogP contribution in [-0.4, -0.2) is 39.5 Å². The summed E-state index contributed by atoms with van der Waals surface area (Å²) < 4.78 is 11.3. The first-order valence-corrected chi connectivity index (χ1v) is 13.2. The maximum Gasteiger partial charge on any atom is 0.0607 e. The fraction of sp³-hybridized carbons (Fsp3) is 1.00. The van der Waals surface area contributed by atoms with Gasteiger partial charge in [0.25, 0.3) is 0 Å². The van der Waals surface area contributed by atoms with E-state index in [4.69, 9.17) is 9.47 Å². The predicted octanol–water partition coefficient (Wildman–Crippen LogP) is 7.69. The Bertz CT molecular complexity index is 247. The second-order valence-electron chi connectivity index (χ2n) is 8.55. The topological polar surface area (TPSA) is 32.6 Å². The lowest BCUT2D eigenvalue weighted by molar-refractivity contribution is 0.116. The second kappa shape index (κ2) is 27.9. The van der Waals surface area contributed by atoms with Crippen LogP contribution in [0.4, 0.5) is 0 Å². The molecule has 0 N–H and O–H groups in total. The van der Waals surface area contributed by atoms with Crippen LogP contribution >= 0.6 is 0 Å². The average Bonchev–Trinajstić information content (AvgIpc) is 2.74. The van der Waals surface area contributed by atoms with Gasteiger partial charge in [-0.25, -0.2) is 5.32 Å². The quantitative estimate of drug-likeness (QED) is 0.136. The summed E-state index contributed by atoms with van der Waals surface area (Å²) in [7, 11) is 0. The monoisotopic (exact) mass is 412 g/mol. The number of unbranched alkanes of at least 4 members (excludes halogenated alkanes) is 16. The minimum Gasteiger partial charge on any atom is -0.380 e. The minimum atomic E-state index is 0.773.